The smallest absolute Gasteiger partial charge is 0.00418 e. The topological polar surface area (TPSA) is 26.0 Å². The summed E-state index contributed by atoms with van der Waals surface area (Å²) >= 11 is 0. The zero-order valence-corrected chi connectivity index (χ0v) is 17.9. The summed E-state index contributed by atoms with van der Waals surface area (Å²) in [6, 6.07) is 0.495. The van der Waals surface area contributed by atoms with Crippen LogP contribution < -0.4 is 5.73 Å². The Morgan fingerprint density at radius 3 is 2.32 bits per heavy atom. The van der Waals surface area contributed by atoms with Gasteiger partial charge in [-0.15, -0.1) is 12.4 Å². The van der Waals surface area contributed by atoms with Gasteiger partial charge in [0.15, 0.2) is 0 Å². The molecule has 4 aliphatic carbocycles. The van der Waals surface area contributed by atoms with Gasteiger partial charge < -0.3 is 5.73 Å². The molecular weight excluding hydrogens is 326 g/mol. The molecule has 0 heterocycles. The Balaban J connectivity index is 0.00000182. The van der Waals surface area contributed by atoms with E-state index in [1.807, 2.05) is 0 Å². The van der Waals surface area contributed by atoms with E-state index < -0.39 is 0 Å². The maximum absolute atomic E-state index is 6.34. The Bertz CT molecular complexity index is 479. The Morgan fingerprint density at radius 2 is 1.60 bits per heavy atom. The molecular formula is C23H42ClN. The van der Waals surface area contributed by atoms with Crippen LogP contribution in [-0.2, 0) is 0 Å². The number of fused-ring (bicyclic) bond motifs is 5. The molecule has 4 rings (SSSR count). The molecule has 1 nitrogen and oxygen atoms in total. The first-order chi connectivity index (χ1) is 11.4. The fourth-order valence-electron chi connectivity index (χ4n) is 8.55. The van der Waals surface area contributed by atoms with Gasteiger partial charge in [-0.1, -0.05) is 34.1 Å². The minimum absolute atomic E-state index is 0. The van der Waals surface area contributed by atoms with E-state index in [0.717, 1.165) is 35.5 Å². The van der Waals surface area contributed by atoms with Crippen LogP contribution in [0.1, 0.15) is 91.9 Å². The lowest BCUT2D eigenvalue weighted by Crippen LogP contribution is -2.54. The van der Waals surface area contributed by atoms with Gasteiger partial charge in [-0.2, -0.15) is 0 Å². The van der Waals surface area contributed by atoms with E-state index in [-0.39, 0.29) is 12.4 Å². The van der Waals surface area contributed by atoms with Gasteiger partial charge in [0, 0.05) is 6.04 Å². The van der Waals surface area contributed by atoms with Gasteiger partial charge in [-0.25, -0.2) is 0 Å². The van der Waals surface area contributed by atoms with Crippen molar-refractivity contribution in [3.8, 4) is 0 Å². The lowest BCUT2D eigenvalue weighted by Gasteiger charge is -2.61. The minimum atomic E-state index is 0. The van der Waals surface area contributed by atoms with Crippen LogP contribution in [0.5, 0.6) is 0 Å². The van der Waals surface area contributed by atoms with E-state index in [2.05, 4.69) is 27.7 Å². The zero-order chi connectivity index (χ0) is 17.1. The lowest BCUT2D eigenvalue weighted by atomic mass is 9.44. The van der Waals surface area contributed by atoms with Crippen LogP contribution in [0.25, 0.3) is 0 Å². The van der Waals surface area contributed by atoms with Gasteiger partial charge in [0.1, 0.15) is 0 Å². The Hall–Kier alpha value is 0.250. The van der Waals surface area contributed by atoms with Crippen LogP contribution >= 0.6 is 12.4 Å². The second kappa shape index (κ2) is 7.01. The molecule has 0 aromatic carbocycles. The standard InChI is InChI=1S/C23H41N.ClH/c1-5-15(2)19-8-9-20-18-7-6-16-14-17(24)10-12-22(16,3)21(18)11-13-23(19,20)4;/h15-21H,5-14,24H2,1-4H3;1H/t15-,16-,17-,18+,19?,20+,21+,22+,23-;/m1./s1. The SMILES string of the molecule is CC[C@@H](C)C1CC[C@H]2[C@@H]3CC[C@@H]4C[C@H](N)CC[C@]4(C)[C@H]3CC[C@]12C.Cl. The van der Waals surface area contributed by atoms with Crippen molar-refractivity contribution in [3.63, 3.8) is 0 Å². The van der Waals surface area contributed by atoms with Crippen LogP contribution in [-0.4, -0.2) is 6.04 Å². The van der Waals surface area contributed by atoms with E-state index >= 15 is 0 Å². The normalized spacial score (nSPS) is 53.2. The summed E-state index contributed by atoms with van der Waals surface area (Å²) < 4.78 is 0. The highest BCUT2D eigenvalue weighted by molar-refractivity contribution is 5.85. The molecule has 146 valence electrons. The summed E-state index contributed by atoms with van der Waals surface area (Å²) in [5.74, 6) is 5.93. The Labute approximate surface area is 162 Å². The molecule has 4 saturated carbocycles. The molecule has 1 unspecified atom stereocenters. The molecule has 0 aliphatic heterocycles. The predicted molar refractivity (Wildman–Crippen MR) is 110 cm³/mol. The van der Waals surface area contributed by atoms with Crippen LogP contribution in [0.4, 0.5) is 0 Å². The molecule has 2 heteroatoms. The number of hydrogen-bond acceptors (Lipinski definition) is 1. The lowest BCUT2D eigenvalue weighted by molar-refractivity contribution is -0.116. The second-order valence-corrected chi connectivity index (χ2v) is 10.8. The van der Waals surface area contributed by atoms with Gasteiger partial charge in [0.05, 0.1) is 0 Å². The highest BCUT2D eigenvalue weighted by atomic mass is 35.5. The first kappa shape index (κ1) is 20.0. The number of halogens is 1. The van der Waals surface area contributed by atoms with Crippen molar-refractivity contribution < 1.29 is 0 Å². The third kappa shape index (κ3) is 2.91. The first-order valence-corrected chi connectivity index (χ1v) is 11.2. The van der Waals surface area contributed by atoms with Crippen LogP contribution in [0.3, 0.4) is 0 Å². The molecule has 0 radical (unpaired) electrons. The highest BCUT2D eigenvalue weighted by Gasteiger charge is 2.60. The molecule has 4 aliphatic rings. The number of hydrogen-bond donors (Lipinski definition) is 1. The zero-order valence-electron chi connectivity index (χ0n) is 17.1. The minimum Gasteiger partial charge on any atom is -0.328 e. The number of nitrogens with two attached hydrogens (primary N) is 1. The van der Waals surface area contributed by atoms with E-state index in [1.165, 1.54) is 64.2 Å². The van der Waals surface area contributed by atoms with Crippen molar-refractivity contribution >= 4 is 12.4 Å². The monoisotopic (exact) mass is 367 g/mol. The highest BCUT2D eigenvalue weighted by Crippen LogP contribution is 2.68. The van der Waals surface area contributed by atoms with Gasteiger partial charge in [-0.3, -0.25) is 0 Å². The summed E-state index contributed by atoms with van der Waals surface area (Å²) in [5.41, 5.74) is 7.62. The molecule has 0 aromatic heterocycles. The van der Waals surface area contributed by atoms with Crippen LogP contribution in [0, 0.1) is 46.3 Å². The summed E-state index contributed by atoms with van der Waals surface area (Å²) in [6.45, 7) is 10.3. The maximum Gasteiger partial charge on any atom is 0.00418 e. The molecule has 0 amide bonds. The fourth-order valence-corrected chi connectivity index (χ4v) is 8.55. The summed E-state index contributed by atoms with van der Waals surface area (Å²) in [5, 5.41) is 0. The Morgan fingerprint density at radius 1 is 0.920 bits per heavy atom. The third-order valence-electron chi connectivity index (χ3n) is 10.1. The van der Waals surface area contributed by atoms with Crippen molar-refractivity contribution in [2.24, 2.45) is 52.1 Å². The molecule has 0 spiro atoms. The summed E-state index contributed by atoms with van der Waals surface area (Å²) in [4.78, 5) is 0. The summed E-state index contributed by atoms with van der Waals surface area (Å²) in [7, 11) is 0. The number of rotatable bonds is 2. The first-order valence-electron chi connectivity index (χ1n) is 11.2. The largest absolute Gasteiger partial charge is 0.328 e. The molecule has 0 saturated heterocycles. The van der Waals surface area contributed by atoms with Crippen molar-refractivity contribution in [2.75, 3.05) is 0 Å². The summed E-state index contributed by atoms with van der Waals surface area (Å²) in [6.07, 6.45) is 14.5. The fraction of sp³-hybridized carbons (Fsp3) is 1.00. The average molecular weight is 368 g/mol. The maximum atomic E-state index is 6.34. The van der Waals surface area contributed by atoms with E-state index in [9.17, 15) is 0 Å². The van der Waals surface area contributed by atoms with Gasteiger partial charge in [-0.05, 0) is 104 Å². The van der Waals surface area contributed by atoms with Crippen molar-refractivity contribution in [1.29, 1.82) is 0 Å². The molecule has 0 aromatic rings. The van der Waals surface area contributed by atoms with Crippen molar-refractivity contribution in [3.05, 3.63) is 0 Å². The molecule has 25 heavy (non-hydrogen) atoms. The van der Waals surface area contributed by atoms with Gasteiger partial charge >= 0.3 is 0 Å². The molecule has 9 atom stereocenters. The molecule has 4 fully saturated rings. The molecule has 2 N–H and O–H groups in total. The third-order valence-corrected chi connectivity index (χ3v) is 10.1. The second-order valence-electron chi connectivity index (χ2n) is 10.8. The van der Waals surface area contributed by atoms with Crippen molar-refractivity contribution in [1.82, 2.24) is 0 Å². The Kier molecular flexibility index (Phi) is 5.61. The van der Waals surface area contributed by atoms with Crippen LogP contribution in [0.2, 0.25) is 0 Å². The molecule has 0 bridgehead atoms. The van der Waals surface area contributed by atoms with Gasteiger partial charge in [0.25, 0.3) is 0 Å². The average Bonchev–Trinajstić information content (AvgIpc) is 2.92. The van der Waals surface area contributed by atoms with E-state index in [1.54, 1.807) is 0 Å². The van der Waals surface area contributed by atoms with Gasteiger partial charge in [0.2, 0.25) is 0 Å². The quantitative estimate of drug-likeness (QED) is 0.596. The van der Waals surface area contributed by atoms with E-state index in [4.69, 9.17) is 5.73 Å². The van der Waals surface area contributed by atoms with Crippen molar-refractivity contribution in [2.45, 2.75) is 97.9 Å². The van der Waals surface area contributed by atoms with E-state index in [0.29, 0.717) is 16.9 Å². The van der Waals surface area contributed by atoms with Crippen LogP contribution in [0.15, 0.2) is 0 Å². The predicted octanol–water partition coefficient (Wildman–Crippen LogP) is 6.44.